The van der Waals surface area contributed by atoms with E-state index in [2.05, 4.69) is 4.74 Å². The molecule has 1 heterocycles. The second kappa shape index (κ2) is 5.46. The van der Waals surface area contributed by atoms with Gasteiger partial charge >= 0.3 is 11.9 Å². The molecule has 1 unspecified atom stereocenters. The first kappa shape index (κ1) is 15.9. The maximum Gasteiger partial charge on any atom is 0.322 e. The monoisotopic (exact) mass is 293 g/mol. The van der Waals surface area contributed by atoms with E-state index < -0.39 is 39.2 Å². The molecule has 0 aromatic rings. The molecule has 0 radical (unpaired) electrons. The van der Waals surface area contributed by atoms with Gasteiger partial charge < -0.3 is 9.84 Å². The normalized spacial score (nSPS) is 21.3. The largest absolute Gasteiger partial charge is 0.480 e. The summed E-state index contributed by atoms with van der Waals surface area (Å²) in [5, 5.41) is 9.00. The molecular weight excluding hydrogens is 274 g/mol. The molecule has 1 rings (SSSR count). The molecule has 0 spiro atoms. The van der Waals surface area contributed by atoms with E-state index in [0.717, 1.165) is 4.31 Å². The van der Waals surface area contributed by atoms with Gasteiger partial charge in [0.15, 0.2) is 0 Å². The van der Waals surface area contributed by atoms with Gasteiger partial charge in [0.25, 0.3) is 0 Å². The van der Waals surface area contributed by atoms with Crippen LogP contribution < -0.4 is 0 Å². The SMILES string of the molecule is COC(=O)C(C)(C)CS(=O)(=O)N1CCCC1C(=O)O. The molecule has 0 aliphatic carbocycles. The van der Waals surface area contributed by atoms with Crippen LogP contribution >= 0.6 is 0 Å². The van der Waals surface area contributed by atoms with Gasteiger partial charge in [-0.3, -0.25) is 9.59 Å². The van der Waals surface area contributed by atoms with Crippen LogP contribution in [0.3, 0.4) is 0 Å². The number of carboxylic acid groups (broad SMARTS) is 1. The Balaban J connectivity index is 2.93. The molecule has 1 saturated heterocycles. The number of ether oxygens (including phenoxy) is 1. The van der Waals surface area contributed by atoms with Crippen molar-refractivity contribution in [2.45, 2.75) is 32.7 Å². The molecule has 19 heavy (non-hydrogen) atoms. The van der Waals surface area contributed by atoms with Crippen molar-refractivity contribution in [1.29, 1.82) is 0 Å². The zero-order valence-corrected chi connectivity index (χ0v) is 12.1. The molecule has 1 N–H and O–H groups in total. The van der Waals surface area contributed by atoms with Gasteiger partial charge in [-0.2, -0.15) is 4.31 Å². The maximum absolute atomic E-state index is 12.2. The first-order valence-corrected chi connectivity index (χ1v) is 7.53. The number of hydrogen-bond donors (Lipinski definition) is 1. The summed E-state index contributed by atoms with van der Waals surface area (Å²) in [6.07, 6.45) is 0.808. The van der Waals surface area contributed by atoms with E-state index in [-0.39, 0.29) is 6.54 Å². The number of sulfonamides is 1. The summed E-state index contributed by atoms with van der Waals surface area (Å²) in [4.78, 5) is 22.5. The fourth-order valence-corrected chi connectivity index (χ4v) is 4.38. The zero-order valence-electron chi connectivity index (χ0n) is 11.2. The van der Waals surface area contributed by atoms with Gasteiger partial charge in [-0.1, -0.05) is 0 Å². The van der Waals surface area contributed by atoms with Crippen LogP contribution in [0.2, 0.25) is 0 Å². The lowest BCUT2D eigenvalue weighted by atomic mass is 9.97. The Morgan fingerprint density at radius 1 is 1.42 bits per heavy atom. The molecule has 7 nitrogen and oxygen atoms in total. The number of nitrogens with zero attached hydrogens (tertiary/aromatic N) is 1. The highest BCUT2D eigenvalue weighted by Gasteiger charge is 2.43. The van der Waals surface area contributed by atoms with Crippen LogP contribution in [-0.2, 0) is 24.3 Å². The zero-order chi connectivity index (χ0) is 14.8. The minimum Gasteiger partial charge on any atom is -0.480 e. The van der Waals surface area contributed by atoms with Crippen molar-refractivity contribution in [3.05, 3.63) is 0 Å². The first-order valence-electron chi connectivity index (χ1n) is 5.92. The van der Waals surface area contributed by atoms with Gasteiger partial charge in [0.05, 0.1) is 18.3 Å². The summed E-state index contributed by atoms with van der Waals surface area (Å²) >= 11 is 0. The van der Waals surface area contributed by atoms with Crippen molar-refractivity contribution < 1.29 is 27.9 Å². The molecule has 110 valence electrons. The third-order valence-electron chi connectivity index (χ3n) is 3.13. The molecule has 0 aromatic carbocycles. The molecule has 1 aliphatic heterocycles. The van der Waals surface area contributed by atoms with E-state index >= 15 is 0 Å². The number of esters is 1. The second-order valence-corrected chi connectivity index (χ2v) is 7.16. The Labute approximate surface area is 112 Å². The second-order valence-electron chi connectivity index (χ2n) is 5.24. The third-order valence-corrected chi connectivity index (χ3v) is 5.37. The number of carboxylic acids is 1. The number of carbonyl (C=O) groups excluding carboxylic acids is 1. The highest BCUT2D eigenvalue weighted by molar-refractivity contribution is 7.89. The van der Waals surface area contributed by atoms with E-state index in [1.165, 1.54) is 21.0 Å². The van der Waals surface area contributed by atoms with E-state index in [0.29, 0.717) is 12.8 Å². The maximum atomic E-state index is 12.2. The van der Waals surface area contributed by atoms with E-state index in [9.17, 15) is 18.0 Å². The predicted molar refractivity (Wildman–Crippen MR) is 66.9 cm³/mol. The lowest BCUT2D eigenvalue weighted by Crippen LogP contribution is -2.45. The van der Waals surface area contributed by atoms with Crippen molar-refractivity contribution in [2.24, 2.45) is 5.41 Å². The molecular formula is C11H19NO6S. The average molecular weight is 293 g/mol. The van der Waals surface area contributed by atoms with Crippen molar-refractivity contribution in [1.82, 2.24) is 4.31 Å². The number of rotatable bonds is 5. The fraction of sp³-hybridized carbons (Fsp3) is 0.818. The molecule has 0 saturated carbocycles. The Bertz CT molecular complexity index is 470. The average Bonchev–Trinajstić information content (AvgIpc) is 2.76. The van der Waals surface area contributed by atoms with Gasteiger partial charge in [-0.05, 0) is 26.7 Å². The topological polar surface area (TPSA) is 101 Å². The molecule has 8 heteroatoms. The number of hydrogen-bond acceptors (Lipinski definition) is 5. The van der Waals surface area contributed by atoms with Crippen LogP contribution in [0.4, 0.5) is 0 Å². The minimum absolute atomic E-state index is 0.177. The predicted octanol–water partition coefficient (Wildman–Crippen LogP) is 0.0644. The highest BCUT2D eigenvalue weighted by Crippen LogP contribution is 2.27. The lowest BCUT2D eigenvalue weighted by molar-refractivity contribution is -0.149. The van der Waals surface area contributed by atoms with Crippen molar-refractivity contribution in [2.75, 3.05) is 19.4 Å². The van der Waals surface area contributed by atoms with Gasteiger partial charge in [-0.25, -0.2) is 8.42 Å². The Morgan fingerprint density at radius 2 is 2.00 bits per heavy atom. The Morgan fingerprint density at radius 3 is 2.47 bits per heavy atom. The fourth-order valence-electron chi connectivity index (χ4n) is 2.19. The van der Waals surface area contributed by atoms with E-state index in [4.69, 9.17) is 5.11 Å². The minimum atomic E-state index is -3.82. The highest BCUT2D eigenvalue weighted by atomic mass is 32.2. The Kier molecular flexibility index (Phi) is 4.57. The van der Waals surface area contributed by atoms with Crippen LogP contribution in [0, 0.1) is 5.41 Å². The summed E-state index contributed by atoms with van der Waals surface area (Å²) in [5.41, 5.74) is -1.21. The van der Waals surface area contributed by atoms with Crippen LogP contribution in [0.25, 0.3) is 0 Å². The van der Waals surface area contributed by atoms with Crippen LogP contribution in [0.15, 0.2) is 0 Å². The van der Waals surface area contributed by atoms with Crippen molar-refractivity contribution in [3.63, 3.8) is 0 Å². The number of carbonyl (C=O) groups is 2. The van der Waals surface area contributed by atoms with Crippen molar-refractivity contribution >= 4 is 22.0 Å². The molecule has 0 aromatic heterocycles. The molecule has 1 atom stereocenters. The Hall–Kier alpha value is -1.15. The molecule has 1 aliphatic rings. The molecule has 1 fully saturated rings. The summed E-state index contributed by atoms with van der Waals surface area (Å²) < 4.78 is 30.0. The van der Waals surface area contributed by atoms with Gasteiger partial charge in [-0.15, -0.1) is 0 Å². The summed E-state index contributed by atoms with van der Waals surface area (Å²) in [6, 6.07) is -1.03. The number of methoxy groups -OCH3 is 1. The summed E-state index contributed by atoms with van der Waals surface area (Å²) in [5.74, 6) is -2.25. The standard InChI is InChI=1S/C11H19NO6S/c1-11(2,10(15)18-3)7-19(16,17)12-6-4-5-8(12)9(13)14/h8H,4-7H2,1-3H3,(H,13,14). The van der Waals surface area contributed by atoms with Crippen molar-refractivity contribution in [3.8, 4) is 0 Å². The quantitative estimate of drug-likeness (QED) is 0.720. The smallest absolute Gasteiger partial charge is 0.322 e. The summed E-state index contributed by atoms with van der Waals surface area (Å²) in [7, 11) is -2.63. The van der Waals surface area contributed by atoms with Crippen LogP contribution in [0.1, 0.15) is 26.7 Å². The van der Waals surface area contributed by atoms with Gasteiger partial charge in [0, 0.05) is 6.54 Å². The van der Waals surface area contributed by atoms with Gasteiger partial charge in [0.2, 0.25) is 10.0 Å². The number of aliphatic carboxylic acids is 1. The lowest BCUT2D eigenvalue weighted by Gasteiger charge is -2.26. The van der Waals surface area contributed by atoms with Crippen LogP contribution in [0.5, 0.6) is 0 Å². The summed E-state index contributed by atoms with van der Waals surface area (Å²) in [6.45, 7) is 3.10. The van der Waals surface area contributed by atoms with E-state index in [1.54, 1.807) is 0 Å². The van der Waals surface area contributed by atoms with Gasteiger partial charge in [0.1, 0.15) is 6.04 Å². The third kappa shape index (κ3) is 3.44. The molecule has 0 amide bonds. The van der Waals surface area contributed by atoms with E-state index in [1.807, 2.05) is 0 Å². The van der Waals surface area contributed by atoms with Crippen LogP contribution in [-0.4, -0.2) is 55.2 Å². The molecule has 0 bridgehead atoms. The first-order chi connectivity index (χ1) is 8.62.